The quantitative estimate of drug-likeness (QED) is 0.842. The molecule has 3 aliphatic rings. The fraction of sp³-hybridized carbons (Fsp3) is 0.684. The highest BCUT2D eigenvalue weighted by Crippen LogP contribution is 2.26. The van der Waals surface area contributed by atoms with Crippen molar-refractivity contribution in [1.29, 1.82) is 0 Å². The summed E-state index contributed by atoms with van der Waals surface area (Å²) in [5.41, 5.74) is 1.20. The zero-order chi connectivity index (χ0) is 17.1. The second-order valence-electron chi connectivity index (χ2n) is 7.38. The van der Waals surface area contributed by atoms with Crippen molar-refractivity contribution < 1.29 is 9.53 Å². The number of hydrogen-bond donors (Lipinski definition) is 0. The van der Waals surface area contributed by atoms with Crippen LogP contribution in [0.4, 0.5) is 10.5 Å². The number of piperidine rings is 1. The number of hydrogen-bond acceptors (Lipinski definition) is 5. The van der Waals surface area contributed by atoms with Crippen molar-refractivity contribution in [3.63, 3.8) is 0 Å². The van der Waals surface area contributed by atoms with Crippen molar-refractivity contribution in [3.05, 3.63) is 24.5 Å². The lowest BCUT2D eigenvalue weighted by Crippen LogP contribution is -2.54. The van der Waals surface area contributed by atoms with Gasteiger partial charge >= 0.3 is 6.09 Å². The average Bonchev–Trinajstić information content (AvgIpc) is 2.62. The average molecular weight is 344 g/mol. The van der Waals surface area contributed by atoms with E-state index in [1.807, 2.05) is 29.4 Å². The Morgan fingerprint density at radius 2 is 1.64 bits per heavy atom. The Labute approximate surface area is 149 Å². The number of rotatable bonds is 3. The fourth-order valence-corrected chi connectivity index (χ4v) is 4.03. The van der Waals surface area contributed by atoms with Crippen LogP contribution in [0.15, 0.2) is 24.5 Å². The number of carbonyl (C=O) groups is 1. The molecule has 6 nitrogen and oxygen atoms in total. The third kappa shape index (κ3) is 3.89. The van der Waals surface area contributed by atoms with E-state index in [1.165, 1.54) is 24.9 Å². The van der Waals surface area contributed by atoms with E-state index in [1.54, 1.807) is 0 Å². The monoisotopic (exact) mass is 344 g/mol. The minimum absolute atomic E-state index is 0.0512. The number of aromatic nitrogens is 1. The molecule has 2 aliphatic heterocycles. The van der Waals surface area contributed by atoms with Gasteiger partial charge in [-0.25, -0.2) is 4.79 Å². The van der Waals surface area contributed by atoms with Gasteiger partial charge in [0, 0.05) is 76.2 Å². The van der Waals surface area contributed by atoms with Crippen LogP contribution in [0.5, 0.6) is 0 Å². The maximum absolute atomic E-state index is 12.4. The number of carbonyl (C=O) groups excluding carboxylic acids is 1. The molecular weight excluding hydrogens is 316 g/mol. The summed E-state index contributed by atoms with van der Waals surface area (Å²) in [5.74, 6) is 0. The van der Waals surface area contributed by atoms with Gasteiger partial charge in [-0.1, -0.05) is 6.42 Å². The molecule has 1 aliphatic carbocycles. The van der Waals surface area contributed by atoms with Gasteiger partial charge in [0.05, 0.1) is 0 Å². The molecule has 2 saturated heterocycles. The van der Waals surface area contributed by atoms with Crippen molar-refractivity contribution in [2.75, 3.05) is 44.2 Å². The number of amides is 1. The van der Waals surface area contributed by atoms with Gasteiger partial charge in [0.25, 0.3) is 0 Å². The molecule has 0 spiro atoms. The number of nitrogens with zero attached hydrogens (tertiary/aromatic N) is 4. The number of anilines is 1. The van der Waals surface area contributed by atoms with E-state index in [2.05, 4.69) is 14.8 Å². The van der Waals surface area contributed by atoms with Gasteiger partial charge < -0.3 is 14.5 Å². The minimum Gasteiger partial charge on any atom is -0.446 e. The standard InChI is InChI=1S/C19H28N4O2/c24-19(23-14-12-22(13-15-23)16-2-1-3-16)25-18-6-10-21(11-7-18)17-4-8-20-9-5-17/h4-5,8-9,16,18H,1-3,6-7,10-15H2. The third-order valence-corrected chi connectivity index (χ3v) is 5.90. The van der Waals surface area contributed by atoms with Crippen LogP contribution in [0, 0.1) is 0 Å². The minimum atomic E-state index is -0.115. The normalized spacial score (nSPS) is 23.4. The summed E-state index contributed by atoms with van der Waals surface area (Å²) in [7, 11) is 0. The molecule has 6 heteroatoms. The van der Waals surface area contributed by atoms with Crippen molar-refractivity contribution in [2.45, 2.75) is 44.2 Å². The summed E-state index contributed by atoms with van der Waals surface area (Å²) < 4.78 is 5.78. The van der Waals surface area contributed by atoms with Gasteiger partial charge in [-0.3, -0.25) is 9.88 Å². The van der Waals surface area contributed by atoms with Crippen LogP contribution in [0.1, 0.15) is 32.1 Å². The lowest BCUT2D eigenvalue weighted by Gasteiger charge is -2.43. The van der Waals surface area contributed by atoms with E-state index >= 15 is 0 Å². The molecule has 0 atom stereocenters. The smallest absolute Gasteiger partial charge is 0.410 e. The molecule has 0 bridgehead atoms. The molecule has 3 heterocycles. The largest absolute Gasteiger partial charge is 0.446 e. The van der Waals surface area contributed by atoms with E-state index in [-0.39, 0.29) is 12.2 Å². The summed E-state index contributed by atoms with van der Waals surface area (Å²) >= 11 is 0. The fourth-order valence-electron chi connectivity index (χ4n) is 4.03. The zero-order valence-electron chi connectivity index (χ0n) is 14.8. The Kier molecular flexibility index (Phi) is 5.06. The highest BCUT2D eigenvalue weighted by atomic mass is 16.6. The van der Waals surface area contributed by atoms with Crippen LogP contribution in [0.25, 0.3) is 0 Å². The second-order valence-corrected chi connectivity index (χ2v) is 7.38. The van der Waals surface area contributed by atoms with Crippen LogP contribution in [-0.4, -0.2) is 72.3 Å². The van der Waals surface area contributed by atoms with Crippen LogP contribution < -0.4 is 4.90 Å². The van der Waals surface area contributed by atoms with Gasteiger partial charge in [-0.15, -0.1) is 0 Å². The van der Waals surface area contributed by atoms with Crippen LogP contribution >= 0.6 is 0 Å². The molecule has 0 aromatic carbocycles. The molecule has 1 aromatic heterocycles. The molecule has 1 aromatic rings. The molecule has 4 rings (SSSR count). The molecule has 0 N–H and O–H groups in total. The highest BCUT2D eigenvalue weighted by molar-refractivity contribution is 5.68. The summed E-state index contributed by atoms with van der Waals surface area (Å²) in [6.07, 6.45) is 9.42. The van der Waals surface area contributed by atoms with Crippen molar-refractivity contribution in [2.24, 2.45) is 0 Å². The van der Waals surface area contributed by atoms with Gasteiger partial charge in [0.1, 0.15) is 6.10 Å². The molecule has 1 amide bonds. The first-order valence-corrected chi connectivity index (χ1v) is 9.64. The number of ether oxygens (including phenoxy) is 1. The van der Waals surface area contributed by atoms with E-state index in [9.17, 15) is 4.79 Å². The van der Waals surface area contributed by atoms with Crippen molar-refractivity contribution >= 4 is 11.8 Å². The summed E-state index contributed by atoms with van der Waals surface area (Å²) in [6.45, 7) is 5.48. The highest BCUT2D eigenvalue weighted by Gasteiger charge is 2.31. The Bertz CT molecular complexity index is 562. The third-order valence-electron chi connectivity index (χ3n) is 5.90. The van der Waals surface area contributed by atoms with Crippen molar-refractivity contribution in [3.8, 4) is 0 Å². The predicted molar refractivity (Wildman–Crippen MR) is 96.7 cm³/mol. The molecule has 136 valence electrons. The van der Waals surface area contributed by atoms with E-state index in [4.69, 9.17) is 4.74 Å². The van der Waals surface area contributed by atoms with Gasteiger partial charge in [0.2, 0.25) is 0 Å². The van der Waals surface area contributed by atoms with Gasteiger partial charge in [-0.2, -0.15) is 0 Å². The van der Waals surface area contributed by atoms with E-state index in [0.717, 1.165) is 58.2 Å². The first kappa shape index (κ1) is 16.6. The lowest BCUT2D eigenvalue weighted by molar-refractivity contribution is 0.0230. The Hall–Kier alpha value is -1.82. The predicted octanol–water partition coefficient (Wildman–Crippen LogP) is 2.36. The van der Waals surface area contributed by atoms with E-state index in [0.29, 0.717) is 0 Å². The topological polar surface area (TPSA) is 48.9 Å². The Balaban J connectivity index is 1.20. The molecular formula is C19H28N4O2. The van der Waals surface area contributed by atoms with E-state index < -0.39 is 0 Å². The number of piperazine rings is 1. The van der Waals surface area contributed by atoms with Crippen LogP contribution in [-0.2, 0) is 4.74 Å². The zero-order valence-corrected chi connectivity index (χ0v) is 14.8. The van der Waals surface area contributed by atoms with Crippen LogP contribution in [0.2, 0.25) is 0 Å². The SMILES string of the molecule is O=C(OC1CCN(c2ccncc2)CC1)N1CCN(C2CCC2)CC1. The van der Waals surface area contributed by atoms with Gasteiger partial charge in [-0.05, 0) is 25.0 Å². The number of pyridine rings is 1. The lowest BCUT2D eigenvalue weighted by atomic mass is 9.91. The van der Waals surface area contributed by atoms with Crippen LogP contribution in [0.3, 0.4) is 0 Å². The molecule has 25 heavy (non-hydrogen) atoms. The molecule has 1 saturated carbocycles. The summed E-state index contributed by atoms with van der Waals surface area (Å²) in [5, 5.41) is 0. The summed E-state index contributed by atoms with van der Waals surface area (Å²) in [4.78, 5) is 23.3. The maximum atomic E-state index is 12.4. The first-order valence-electron chi connectivity index (χ1n) is 9.64. The summed E-state index contributed by atoms with van der Waals surface area (Å²) in [6, 6.07) is 4.85. The Morgan fingerprint density at radius 3 is 2.24 bits per heavy atom. The van der Waals surface area contributed by atoms with Gasteiger partial charge in [0.15, 0.2) is 0 Å². The Morgan fingerprint density at radius 1 is 0.960 bits per heavy atom. The first-order chi connectivity index (χ1) is 12.3. The van der Waals surface area contributed by atoms with Crippen molar-refractivity contribution in [1.82, 2.24) is 14.8 Å². The maximum Gasteiger partial charge on any atom is 0.410 e. The molecule has 0 unspecified atom stereocenters. The second kappa shape index (κ2) is 7.60. The molecule has 0 radical (unpaired) electrons. The molecule has 3 fully saturated rings.